The van der Waals surface area contributed by atoms with Crippen LogP contribution in [0.5, 0.6) is 17.2 Å². The summed E-state index contributed by atoms with van der Waals surface area (Å²) in [6.07, 6.45) is 1.36. The van der Waals surface area contributed by atoms with Gasteiger partial charge in [-0.05, 0) is 48.0 Å². The first kappa shape index (κ1) is 25.0. The second-order valence-corrected chi connectivity index (χ2v) is 7.07. The molecule has 0 saturated carbocycles. The molecule has 0 aliphatic heterocycles. The smallest absolute Gasteiger partial charge is 0.351 e. The Morgan fingerprint density at radius 3 is 2.54 bits per heavy atom. The van der Waals surface area contributed by atoms with Gasteiger partial charge < -0.3 is 28.7 Å². The van der Waals surface area contributed by atoms with Crippen LogP contribution in [0.4, 0.5) is 0 Å². The molecule has 10 nitrogen and oxygen atoms in total. The quantitative estimate of drug-likeness (QED) is 0.123. The minimum Gasteiger partial charge on any atom is -0.497 e. The van der Waals surface area contributed by atoms with Crippen LogP contribution in [-0.4, -0.2) is 46.4 Å². The molecule has 0 radical (unpaired) electrons. The lowest BCUT2D eigenvalue weighted by Gasteiger charge is -2.10. The van der Waals surface area contributed by atoms with E-state index in [-0.39, 0.29) is 29.2 Å². The number of nitrogens with one attached hydrogen (secondary N) is 1. The van der Waals surface area contributed by atoms with Gasteiger partial charge in [0.15, 0.2) is 11.5 Å². The molecule has 35 heavy (non-hydrogen) atoms. The van der Waals surface area contributed by atoms with Gasteiger partial charge in [-0.3, -0.25) is 4.79 Å². The van der Waals surface area contributed by atoms with Crippen molar-refractivity contribution in [1.29, 1.82) is 5.26 Å². The summed E-state index contributed by atoms with van der Waals surface area (Å²) in [4.78, 5) is 37.2. The van der Waals surface area contributed by atoms with Crippen LogP contribution in [-0.2, 0) is 9.53 Å². The van der Waals surface area contributed by atoms with Crippen LogP contribution in [0.3, 0.4) is 0 Å². The number of nitrogens with zero attached hydrogens (tertiary/aromatic N) is 1. The molecule has 0 bridgehead atoms. The summed E-state index contributed by atoms with van der Waals surface area (Å²) in [6.45, 7) is 0.559. The summed E-state index contributed by atoms with van der Waals surface area (Å²) in [5.74, 6) is -0.794. The number of hydrogen-bond donors (Lipinski definition) is 1. The number of fused-ring (bicyclic) bond motifs is 1. The normalized spacial score (nSPS) is 11.0. The molecule has 0 spiro atoms. The molecule has 1 amide bonds. The average Bonchev–Trinajstić information content (AvgIpc) is 2.87. The van der Waals surface area contributed by atoms with Gasteiger partial charge in [-0.15, -0.1) is 0 Å². The molecule has 1 N–H and O–H groups in total. The zero-order chi connectivity index (χ0) is 25.4. The Kier molecular flexibility index (Phi) is 8.21. The van der Waals surface area contributed by atoms with Crippen LogP contribution in [0, 0.1) is 11.3 Å². The lowest BCUT2D eigenvalue weighted by Crippen LogP contribution is -2.27. The molecule has 1 heterocycles. The fourth-order valence-electron chi connectivity index (χ4n) is 3.06. The monoisotopic (exact) mass is 478 g/mol. The Morgan fingerprint density at radius 2 is 1.86 bits per heavy atom. The highest BCUT2D eigenvalue weighted by Crippen LogP contribution is 2.30. The van der Waals surface area contributed by atoms with Crippen LogP contribution in [0.1, 0.15) is 15.9 Å². The summed E-state index contributed by atoms with van der Waals surface area (Å²) < 4.78 is 25.9. The highest BCUT2D eigenvalue weighted by Gasteiger charge is 2.19. The van der Waals surface area contributed by atoms with E-state index in [1.54, 1.807) is 18.2 Å². The van der Waals surface area contributed by atoms with Gasteiger partial charge in [-0.25, -0.2) is 9.59 Å². The number of benzene rings is 2. The standard InChI is InChI=1S/C25H22N2O8/c1-31-9-8-27-23(28)17(14-26)10-15-4-6-21(22(11-15)33-3)35-25(30)19-13-16-12-18(32-2)5-7-20(16)34-24(19)29/h4-7,10-13H,8-9H2,1-3H3,(H,27,28)/b17-10+. The number of amides is 1. The van der Waals surface area contributed by atoms with E-state index in [1.807, 2.05) is 6.07 Å². The number of esters is 1. The molecule has 0 aliphatic rings. The maximum Gasteiger partial charge on any atom is 0.351 e. The number of carbonyl (C=O) groups excluding carboxylic acids is 2. The molecule has 0 fully saturated rings. The van der Waals surface area contributed by atoms with Crippen molar-refractivity contribution in [1.82, 2.24) is 5.32 Å². The molecule has 3 aromatic rings. The molecule has 1 aromatic heterocycles. The number of nitriles is 1. The van der Waals surface area contributed by atoms with Crippen molar-refractivity contribution in [2.24, 2.45) is 0 Å². The van der Waals surface area contributed by atoms with E-state index >= 15 is 0 Å². The van der Waals surface area contributed by atoms with Gasteiger partial charge in [0.05, 0.1) is 20.8 Å². The Bertz CT molecular complexity index is 1380. The van der Waals surface area contributed by atoms with Crippen LogP contribution in [0.15, 0.2) is 57.2 Å². The molecule has 0 saturated heterocycles. The zero-order valence-corrected chi connectivity index (χ0v) is 19.2. The van der Waals surface area contributed by atoms with Gasteiger partial charge >= 0.3 is 11.6 Å². The Balaban J connectivity index is 1.85. The van der Waals surface area contributed by atoms with Crippen molar-refractivity contribution >= 4 is 28.9 Å². The molecule has 0 atom stereocenters. The van der Waals surface area contributed by atoms with Gasteiger partial charge in [0.2, 0.25) is 0 Å². The number of rotatable bonds is 9. The summed E-state index contributed by atoms with van der Waals surface area (Å²) >= 11 is 0. The van der Waals surface area contributed by atoms with Crippen LogP contribution in [0.25, 0.3) is 17.0 Å². The van der Waals surface area contributed by atoms with E-state index in [4.69, 9.17) is 23.4 Å². The topological polar surface area (TPSA) is 137 Å². The Labute approximate surface area is 200 Å². The van der Waals surface area contributed by atoms with E-state index in [2.05, 4.69) is 5.32 Å². The molecular weight excluding hydrogens is 456 g/mol. The van der Waals surface area contributed by atoms with Gasteiger partial charge in [0.25, 0.3) is 5.91 Å². The third-order valence-corrected chi connectivity index (χ3v) is 4.82. The first-order valence-corrected chi connectivity index (χ1v) is 10.3. The molecule has 2 aromatic carbocycles. The highest BCUT2D eigenvalue weighted by molar-refractivity contribution is 6.01. The Morgan fingerprint density at radius 1 is 1.06 bits per heavy atom. The first-order valence-electron chi connectivity index (χ1n) is 10.3. The van der Waals surface area contributed by atoms with Crippen LogP contribution < -0.4 is 25.2 Å². The summed E-state index contributed by atoms with van der Waals surface area (Å²) in [6, 6.07) is 12.4. The summed E-state index contributed by atoms with van der Waals surface area (Å²) in [5, 5.41) is 12.4. The van der Waals surface area contributed by atoms with Crippen LogP contribution >= 0.6 is 0 Å². The van der Waals surface area contributed by atoms with E-state index in [9.17, 15) is 19.6 Å². The third kappa shape index (κ3) is 6.04. The van der Waals surface area contributed by atoms with Crippen molar-refractivity contribution < 1.29 is 33.0 Å². The fraction of sp³-hybridized carbons (Fsp3) is 0.200. The van der Waals surface area contributed by atoms with Gasteiger partial charge in [-0.1, -0.05) is 6.07 Å². The minimum atomic E-state index is -0.944. The lowest BCUT2D eigenvalue weighted by molar-refractivity contribution is -0.117. The van der Waals surface area contributed by atoms with E-state index < -0.39 is 17.5 Å². The maximum atomic E-state index is 12.7. The SMILES string of the molecule is COCCNC(=O)/C(C#N)=C/c1ccc(OC(=O)c2cc3cc(OC)ccc3oc2=O)c(OC)c1. The number of methoxy groups -OCH3 is 3. The molecule has 180 valence electrons. The van der Waals surface area contributed by atoms with Crippen molar-refractivity contribution in [2.75, 3.05) is 34.5 Å². The Hall–Kier alpha value is -4.62. The van der Waals surface area contributed by atoms with Gasteiger partial charge in [-0.2, -0.15) is 5.26 Å². The highest BCUT2D eigenvalue weighted by atomic mass is 16.6. The lowest BCUT2D eigenvalue weighted by atomic mass is 10.1. The second-order valence-electron chi connectivity index (χ2n) is 7.07. The van der Waals surface area contributed by atoms with E-state index in [0.29, 0.717) is 28.9 Å². The molecule has 0 unspecified atom stereocenters. The molecule has 0 aliphatic carbocycles. The van der Waals surface area contributed by atoms with Crippen molar-refractivity contribution in [3.05, 3.63) is 69.6 Å². The van der Waals surface area contributed by atoms with Crippen molar-refractivity contribution in [2.45, 2.75) is 0 Å². The number of ether oxygens (including phenoxy) is 4. The average molecular weight is 478 g/mol. The fourth-order valence-corrected chi connectivity index (χ4v) is 3.06. The second kappa shape index (κ2) is 11.5. The minimum absolute atomic E-state index is 0.0304. The first-order chi connectivity index (χ1) is 16.9. The predicted octanol–water partition coefficient (Wildman–Crippen LogP) is 2.70. The van der Waals surface area contributed by atoms with Crippen molar-refractivity contribution in [3.63, 3.8) is 0 Å². The van der Waals surface area contributed by atoms with Crippen molar-refractivity contribution in [3.8, 4) is 23.3 Å². The number of carbonyl (C=O) groups is 2. The third-order valence-electron chi connectivity index (χ3n) is 4.82. The van der Waals surface area contributed by atoms with Gasteiger partial charge in [0, 0.05) is 19.0 Å². The zero-order valence-electron chi connectivity index (χ0n) is 19.2. The summed E-state index contributed by atoms with van der Waals surface area (Å²) in [5.41, 5.74) is -0.546. The molecular formula is C25H22N2O8. The largest absolute Gasteiger partial charge is 0.497 e. The summed E-state index contributed by atoms with van der Waals surface area (Å²) in [7, 11) is 4.35. The van der Waals surface area contributed by atoms with E-state index in [0.717, 1.165) is 0 Å². The van der Waals surface area contributed by atoms with Gasteiger partial charge in [0.1, 0.15) is 28.5 Å². The predicted molar refractivity (Wildman–Crippen MR) is 125 cm³/mol. The van der Waals surface area contributed by atoms with E-state index in [1.165, 1.54) is 51.7 Å². The molecule has 10 heteroatoms. The van der Waals surface area contributed by atoms with Crippen LogP contribution in [0.2, 0.25) is 0 Å². The molecule has 3 rings (SSSR count). The number of hydrogen-bond acceptors (Lipinski definition) is 9. The maximum absolute atomic E-state index is 12.7.